The zero-order valence-corrected chi connectivity index (χ0v) is 12.6. The van der Waals surface area contributed by atoms with Gasteiger partial charge in [-0.05, 0) is 42.8 Å². The predicted octanol–water partition coefficient (Wildman–Crippen LogP) is 1.98. The Bertz CT molecular complexity index is 773. The fraction of sp³-hybridized carbons (Fsp3) is 0.143. The van der Waals surface area contributed by atoms with Gasteiger partial charge in [0.2, 0.25) is 10.0 Å². The molecule has 0 saturated heterocycles. The predicted molar refractivity (Wildman–Crippen MR) is 83.2 cm³/mol. The summed E-state index contributed by atoms with van der Waals surface area (Å²) in [5.74, 6) is 0.676. The average molecular weight is 307 g/mol. The molecule has 0 heterocycles. The summed E-state index contributed by atoms with van der Waals surface area (Å²) in [6, 6.07) is 10.2. The molecule has 6 nitrogen and oxygen atoms in total. The van der Waals surface area contributed by atoms with Crippen molar-refractivity contribution < 1.29 is 13.2 Å². The fourth-order valence-corrected chi connectivity index (χ4v) is 2.61. The molecule has 2 aromatic rings. The van der Waals surface area contributed by atoms with Crippen LogP contribution in [0.5, 0.6) is 5.75 Å². The molecule has 0 saturated carbocycles. The summed E-state index contributed by atoms with van der Waals surface area (Å²) in [5.41, 5.74) is 8.29. The summed E-state index contributed by atoms with van der Waals surface area (Å²) in [7, 11) is -2.24. The normalized spacial score (nSPS) is 11.2. The van der Waals surface area contributed by atoms with Crippen LogP contribution in [0, 0.1) is 6.92 Å². The van der Waals surface area contributed by atoms with E-state index >= 15 is 0 Å². The van der Waals surface area contributed by atoms with Crippen molar-refractivity contribution in [1.82, 2.24) is 0 Å². The second-order valence-corrected chi connectivity index (χ2v) is 6.16. The van der Waals surface area contributed by atoms with Crippen LogP contribution in [0.3, 0.4) is 0 Å². The van der Waals surface area contributed by atoms with Crippen LogP contribution < -0.4 is 20.9 Å². The maximum atomic E-state index is 11.3. The summed E-state index contributed by atoms with van der Waals surface area (Å²) in [5, 5.41) is 8.22. The quantitative estimate of drug-likeness (QED) is 0.749. The molecule has 0 aliphatic carbocycles. The molecule has 0 aliphatic rings. The third-order valence-electron chi connectivity index (χ3n) is 2.95. The number of benzene rings is 2. The van der Waals surface area contributed by atoms with Gasteiger partial charge in [0.25, 0.3) is 0 Å². The lowest BCUT2D eigenvalue weighted by atomic mass is 10.2. The molecule has 0 spiro atoms. The molecule has 0 radical (unpaired) electrons. The standard InChI is InChI=1S/C14H17N3O3S/c1-9-3-5-13(20-2)12(7-9)17-10-4-6-14(11(15)8-10)21(16,18)19/h3-8,17H,15H2,1-2H3,(H2,16,18,19). The molecule has 21 heavy (non-hydrogen) atoms. The maximum absolute atomic E-state index is 11.3. The first-order valence-electron chi connectivity index (χ1n) is 6.15. The average Bonchev–Trinajstić information content (AvgIpc) is 2.37. The van der Waals surface area contributed by atoms with Crippen molar-refractivity contribution in [2.75, 3.05) is 18.2 Å². The number of hydrogen-bond acceptors (Lipinski definition) is 5. The Balaban J connectivity index is 2.37. The van der Waals surface area contributed by atoms with E-state index in [1.165, 1.54) is 12.1 Å². The molecular weight excluding hydrogens is 290 g/mol. The van der Waals surface area contributed by atoms with Crippen LogP contribution in [-0.4, -0.2) is 15.5 Å². The molecule has 5 N–H and O–H groups in total. The van der Waals surface area contributed by atoms with Gasteiger partial charge in [0.05, 0.1) is 18.5 Å². The molecule has 0 fully saturated rings. The maximum Gasteiger partial charge on any atom is 0.240 e. The van der Waals surface area contributed by atoms with E-state index < -0.39 is 10.0 Å². The topological polar surface area (TPSA) is 107 Å². The molecule has 0 atom stereocenters. The number of sulfonamides is 1. The van der Waals surface area contributed by atoms with Crippen molar-refractivity contribution in [2.24, 2.45) is 5.14 Å². The lowest BCUT2D eigenvalue weighted by molar-refractivity contribution is 0.416. The monoisotopic (exact) mass is 307 g/mol. The van der Waals surface area contributed by atoms with Gasteiger partial charge in [0.15, 0.2) is 0 Å². The van der Waals surface area contributed by atoms with Gasteiger partial charge in [-0.15, -0.1) is 0 Å². The van der Waals surface area contributed by atoms with Gasteiger partial charge in [-0.1, -0.05) is 6.07 Å². The van der Waals surface area contributed by atoms with Gasteiger partial charge in [0, 0.05) is 5.69 Å². The van der Waals surface area contributed by atoms with Crippen LogP contribution in [0.1, 0.15) is 5.56 Å². The molecule has 0 amide bonds. The molecule has 0 unspecified atom stereocenters. The zero-order valence-electron chi connectivity index (χ0n) is 11.8. The first-order chi connectivity index (χ1) is 9.81. The number of hydrogen-bond donors (Lipinski definition) is 3. The Morgan fingerprint density at radius 1 is 1.14 bits per heavy atom. The highest BCUT2D eigenvalue weighted by Crippen LogP contribution is 2.30. The third kappa shape index (κ3) is 3.45. The number of aryl methyl sites for hydroxylation is 1. The van der Waals surface area contributed by atoms with Crippen molar-refractivity contribution in [3.8, 4) is 5.75 Å². The molecule has 112 valence electrons. The minimum Gasteiger partial charge on any atom is -0.495 e. The molecular formula is C14H17N3O3S. The van der Waals surface area contributed by atoms with E-state index in [2.05, 4.69) is 5.32 Å². The largest absolute Gasteiger partial charge is 0.495 e. The summed E-state index contributed by atoms with van der Waals surface area (Å²) >= 11 is 0. The highest BCUT2D eigenvalue weighted by atomic mass is 32.2. The summed E-state index contributed by atoms with van der Waals surface area (Å²) in [6.45, 7) is 1.96. The molecule has 0 bridgehead atoms. The summed E-state index contributed by atoms with van der Waals surface area (Å²) in [4.78, 5) is -0.0933. The van der Waals surface area contributed by atoms with Crippen molar-refractivity contribution in [3.05, 3.63) is 42.0 Å². The van der Waals surface area contributed by atoms with E-state index in [0.29, 0.717) is 11.4 Å². The second-order valence-electron chi connectivity index (χ2n) is 4.63. The Labute approximate surface area is 123 Å². The first-order valence-corrected chi connectivity index (χ1v) is 7.70. The van der Waals surface area contributed by atoms with Crippen molar-refractivity contribution in [1.29, 1.82) is 0 Å². The van der Waals surface area contributed by atoms with E-state index in [9.17, 15) is 8.42 Å². The molecule has 7 heteroatoms. The van der Waals surface area contributed by atoms with Gasteiger partial charge in [-0.25, -0.2) is 13.6 Å². The molecule has 0 aromatic heterocycles. The number of anilines is 3. The van der Waals surface area contributed by atoms with Gasteiger partial charge in [-0.2, -0.15) is 0 Å². The molecule has 2 aromatic carbocycles. The molecule has 0 aliphatic heterocycles. The van der Waals surface area contributed by atoms with Crippen LogP contribution in [0.2, 0.25) is 0 Å². The number of ether oxygens (including phenoxy) is 1. The van der Waals surface area contributed by atoms with Crippen LogP contribution in [0.25, 0.3) is 0 Å². The van der Waals surface area contributed by atoms with Crippen molar-refractivity contribution >= 4 is 27.1 Å². The number of nitrogen functional groups attached to an aromatic ring is 1. The lowest BCUT2D eigenvalue weighted by Crippen LogP contribution is -2.14. The zero-order chi connectivity index (χ0) is 15.6. The van der Waals surface area contributed by atoms with Crippen LogP contribution in [-0.2, 0) is 10.0 Å². The Kier molecular flexibility index (Phi) is 4.06. The van der Waals surface area contributed by atoms with E-state index in [1.54, 1.807) is 13.2 Å². The van der Waals surface area contributed by atoms with Gasteiger partial charge < -0.3 is 15.8 Å². The van der Waals surface area contributed by atoms with Crippen molar-refractivity contribution in [3.63, 3.8) is 0 Å². The van der Waals surface area contributed by atoms with Crippen LogP contribution >= 0.6 is 0 Å². The second kappa shape index (κ2) is 5.63. The number of methoxy groups -OCH3 is 1. The number of nitrogens with two attached hydrogens (primary N) is 2. The SMILES string of the molecule is COc1ccc(C)cc1Nc1ccc(S(N)(=O)=O)c(N)c1. The van der Waals surface area contributed by atoms with Crippen LogP contribution in [0.15, 0.2) is 41.3 Å². The minimum absolute atomic E-state index is 0.0918. The first kappa shape index (κ1) is 15.1. The number of nitrogens with one attached hydrogen (secondary N) is 1. The number of rotatable bonds is 4. The smallest absolute Gasteiger partial charge is 0.240 e. The van der Waals surface area contributed by atoms with E-state index in [0.717, 1.165) is 11.3 Å². The highest BCUT2D eigenvalue weighted by Gasteiger charge is 2.13. The van der Waals surface area contributed by atoms with Gasteiger partial charge in [-0.3, -0.25) is 0 Å². The number of primary sulfonamides is 1. The van der Waals surface area contributed by atoms with E-state index in [1.807, 2.05) is 25.1 Å². The van der Waals surface area contributed by atoms with E-state index in [-0.39, 0.29) is 10.6 Å². The van der Waals surface area contributed by atoms with Crippen molar-refractivity contribution in [2.45, 2.75) is 11.8 Å². The highest BCUT2D eigenvalue weighted by molar-refractivity contribution is 7.89. The minimum atomic E-state index is -3.82. The van der Waals surface area contributed by atoms with Gasteiger partial charge >= 0.3 is 0 Å². The third-order valence-corrected chi connectivity index (χ3v) is 3.94. The summed E-state index contributed by atoms with van der Waals surface area (Å²) in [6.07, 6.45) is 0. The lowest BCUT2D eigenvalue weighted by Gasteiger charge is -2.13. The Morgan fingerprint density at radius 3 is 2.43 bits per heavy atom. The summed E-state index contributed by atoms with van der Waals surface area (Å²) < 4.78 is 27.9. The fourth-order valence-electron chi connectivity index (χ4n) is 1.96. The van der Waals surface area contributed by atoms with Gasteiger partial charge in [0.1, 0.15) is 10.6 Å². The van der Waals surface area contributed by atoms with E-state index in [4.69, 9.17) is 15.6 Å². The van der Waals surface area contributed by atoms with Crippen LogP contribution in [0.4, 0.5) is 17.1 Å². The Morgan fingerprint density at radius 2 is 1.86 bits per heavy atom. The Hall–Kier alpha value is -2.25. The molecule has 2 rings (SSSR count).